The quantitative estimate of drug-likeness (QED) is 0.729. The zero-order valence-corrected chi connectivity index (χ0v) is 10.5. The Morgan fingerprint density at radius 2 is 2.11 bits per heavy atom. The van der Waals surface area contributed by atoms with Crippen LogP contribution < -0.4 is 5.32 Å². The second kappa shape index (κ2) is 6.33. The van der Waals surface area contributed by atoms with Gasteiger partial charge in [-0.05, 0) is 18.9 Å². The first-order valence-corrected chi connectivity index (χ1v) is 6.20. The highest BCUT2D eigenvalue weighted by Crippen LogP contribution is 2.17. The van der Waals surface area contributed by atoms with Gasteiger partial charge >= 0.3 is 0 Å². The largest absolute Gasteiger partial charge is 0.388 e. The summed E-state index contributed by atoms with van der Waals surface area (Å²) in [6, 6.07) is 9.96. The molecule has 1 aromatic carbocycles. The van der Waals surface area contributed by atoms with Crippen LogP contribution >= 0.6 is 0 Å². The molecule has 0 radical (unpaired) electrons. The van der Waals surface area contributed by atoms with Crippen molar-refractivity contribution in [2.45, 2.75) is 32.0 Å². The molecule has 0 aliphatic carbocycles. The summed E-state index contributed by atoms with van der Waals surface area (Å²) in [5, 5.41) is 13.4. The van der Waals surface area contributed by atoms with Crippen LogP contribution in [-0.2, 0) is 6.54 Å². The Kier molecular flexibility index (Phi) is 4.50. The van der Waals surface area contributed by atoms with Crippen molar-refractivity contribution in [2.75, 3.05) is 0 Å². The number of aliphatic hydroxyl groups excluding tert-OH is 1. The summed E-state index contributed by atoms with van der Waals surface area (Å²) >= 11 is 0. The molecule has 0 saturated heterocycles. The average molecular weight is 245 g/mol. The van der Waals surface area contributed by atoms with Crippen LogP contribution in [0.15, 0.2) is 42.7 Å². The smallest absolute Gasteiger partial charge is 0.120 e. The second-order valence-electron chi connectivity index (χ2n) is 4.48. The van der Waals surface area contributed by atoms with Gasteiger partial charge in [0.1, 0.15) is 5.82 Å². The van der Waals surface area contributed by atoms with Gasteiger partial charge in [-0.1, -0.05) is 30.3 Å². The highest BCUT2D eigenvalue weighted by molar-refractivity contribution is 5.17. The normalized spacial score (nSPS) is 14.3. The standard InChI is InChI=1S/C14H19N3O/c1-11(17-10-14-15-7-8-16-14)9-13(18)12-5-3-2-4-6-12/h2-8,11,13,17-18H,9-10H2,1H3,(H,15,16)/t11-,13-/m1/s1. The molecule has 96 valence electrons. The van der Waals surface area contributed by atoms with Crippen molar-refractivity contribution >= 4 is 0 Å². The van der Waals surface area contributed by atoms with Gasteiger partial charge in [0, 0.05) is 18.4 Å². The van der Waals surface area contributed by atoms with Crippen molar-refractivity contribution in [2.24, 2.45) is 0 Å². The van der Waals surface area contributed by atoms with E-state index < -0.39 is 6.10 Å². The van der Waals surface area contributed by atoms with E-state index in [1.165, 1.54) is 0 Å². The van der Waals surface area contributed by atoms with Gasteiger partial charge in [0.25, 0.3) is 0 Å². The first-order chi connectivity index (χ1) is 8.75. The molecule has 1 aromatic heterocycles. The van der Waals surface area contributed by atoms with Crippen molar-refractivity contribution in [3.63, 3.8) is 0 Å². The Balaban J connectivity index is 1.78. The Morgan fingerprint density at radius 3 is 2.78 bits per heavy atom. The summed E-state index contributed by atoms with van der Waals surface area (Å²) in [6.07, 6.45) is 3.80. The number of hydrogen-bond donors (Lipinski definition) is 3. The molecular weight excluding hydrogens is 226 g/mol. The van der Waals surface area contributed by atoms with E-state index in [4.69, 9.17) is 0 Å². The summed E-state index contributed by atoms with van der Waals surface area (Å²) in [5.74, 6) is 0.913. The number of rotatable bonds is 6. The Bertz CT molecular complexity index is 441. The fraction of sp³-hybridized carbons (Fsp3) is 0.357. The second-order valence-corrected chi connectivity index (χ2v) is 4.48. The van der Waals surface area contributed by atoms with Crippen LogP contribution in [0.3, 0.4) is 0 Å². The van der Waals surface area contributed by atoms with Gasteiger partial charge < -0.3 is 15.4 Å². The van der Waals surface area contributed by atoms with E-state index in [2.05, 4.69) is 22.2 Å². The molecular formula is C14H19N3O. The van der Waals surface area contributed by atoms with Crippen molar-refractivity contribution in [3.8, 4) is 0 Å². The van der Waals surface area contributed by atoms with E-state index in [9.17, 15) is 5.11 Å². The van der Waals surface area contributed by atoms with Gasteiger partial charge in [-0.2, -0.15) is 0 Å². The lowest BCUT2D eigenvalue weighted by Gasteiger charge is -2.17. The summed E-state index contributed by atoms with van der Waals surface area (Å²) in [7, 11) is 0. The minimum Gasteiger partial charge on any atom is -0.388 e. The fourth-order valence-corrected chi connectivity index (χ4v) is 1.90. The zero-order valence-electron chi connectivity index (χ0n) is 10.5. The molecule has 1 heterocycles. The number of aliphatic hydroxyl groups is 1. The van der Waals surface area contributed by atoms with Crippen LogP contribution in [-0.4, -0.2) is 21.1 Å². The van der Waals surface area contributed by atoms with Crippen molar-refractivity contribution in [1.82, 2.24) is 15.3 Å². The van der Waals surface area contributed by atoms with Crippen LogP contribution in [0.4, 0.5) is 0 Å². The predicted molar refractivity (Wildman–Crippen MR) is 70.9 cm³/mol. The molecule has 18 heavy (non-hydrogen) atoms. The highest BCUT2D eigenvalue weighted by Gasteiger charge is 2.11. The van der Waals surface area contributed by atoms with Crippen molar-refractivity contribution < 1.29 is 5.11 Å². The number of nitrogens with one attached hydrogen (secondary N) is 2. The van der Waals surface area contributed by atoms with Gasteiger partial charge in [0.2, 0.25) is 0 Å². The molecule has 0 aliphatic rings. The lowest BCUT2D eigenvalue weighted by molar-refractivity contribution is 0.153. The van der Waals surface area contributed by atoms with Gasteiger partial charge in [-0.25, -0.2) is 4.98 Å². The average Bonchev–Trinajstić information content (AvgIpc) is 2.90. The molecule has 2 atom stereocenters. The third-order valence-electron chi connectivity index (χ3n) is 2.93. The lowest BCUT2D eigenvalue weighted by atomic mass is 10.0. The van der Waals surface area contributed by atoms with E-state index in [0.29, 0.717) is 13.0 Å². The van der Waals surface area contributed by atoms with E-state index >= 15 is 0 Å². The summed E-state index contributed by atoms with van der Waals surface area (Å²) in [5.41, 5.74) is 0.962. The third kappa shape index (κ3) is 3.68. The first-order valence-electron chi connectivity index (χ1n) is 6.20. The minimum atomic E-state index is -0.426. The zero-order chi connectivity index (χ0) is 12.8. The molecule has 2 rings (SSSR count). The predicted octanol–water partition coefficient (Wildman–Crippen LogP) is 2.01. The maximum atomic E-state index is 10.1. The van der Waals surface area contributed by atoms with Crippen LogP contribution in [0.2, 0.25) is 0 Å². The van der Waals surface area contributed by atoms with E-state index in [1.807, 2.05) is 30.3 Å². The van der Waals surface area contributed by atoms with Crippen LogP contribution in [0.5, 0.6) is 0 Å². The van der Waals surface area contributed by atoms with Crippen LogP contribution in [0, 0.1) is 0 Å². The SMILES string of the molecule is C[C@H](C[C@@H](O)c1ccccc1)NCc1ncc[nH]1. The molecule has 4 heteroatoms. The highest BCUT2D eigenvalue weighted by atomic mass is 16.3. The van der Waals surface area contributed by atoms with Crippen molar-refractivity contribution in [3.05, 3.63) is 54.1 Å². The summed E-state index contributed by atoms with van der Waals surface area (Å²) in [6.45, 7) is 2.75. The molecule has 0 amide bonds. The molecule has 0 aliphatic heterocycles. The molecule has 0 saturated carbocycles. The fourth-order valence-electron chi connectivity index (χ4n) is 1.90. The van der Waals surface area contributed by atoms with E-state index in [1.54, 1.807) is 12.4 Å². The molecule has 3 N–H and O–H groups in total. The molecule has 0 unspecified atom stereocenters. The Morgan fingerprint density at radius 1 is 1.33 bits per heavy atom. The first kappa shape index (κ1) is 12.8. The maximum Gasteiger partial charge on any atom is 0.120 e. The van der Waals surface area contributed by atoms with Gasteiger partial charge in [0.15, 0.2) is 0 Å². The molecule has 0 spiro atoms. The Hall–Kier alpha value is -1.65. The number of benzene rings is 1. The van der Waals surface area contributed by atoms with Crippen molar-refractivity contribution in [1.29, 1.82) is 0 Å². The third-order valence-corrected chi connectivity index (χ3v) is 2.93. The number of H-pyrrole nitrogens is 1. The molecule has 0 bridgehead atoms. The van der Waals surface area contributed by atoms with Crippen LogP contribution in [0.1, 0.15) is 30.8 Å². The summed E-state index contributed by atoms with van der Waals surface area (Å²) in [4.78, 5) is 7.19. The number of nitrogens with zero attached hydrogens (tertiary/aromatic N) is 1. The van der Waals surface area contributed by atoms with Gasteiger partial charge in [-0.15, -0.1) is 0 Å². The number of hydrogen-bond acceptors (Lipinski definition) is 3. The van der Waals surface area contributed by atoms with Crippen LogP contribution in [0.25, 0.3) is 0 Å². The van der Waals surface area contributed by atoms with E-state index in [0.717, 1.165) is 11.4 Å². The number of aromatic nitrogens is 2. The Labute approximate surface area is 107 Å². The van der Waals surface area contributed by atoms with Gasteiger partial charge in [0.05, 0.1) is 12.6 Å². The van der Waals surface area contributed by atoms with Gasteiger partial charge in [-0.3, -0.25) is 0 Å². The monoisotopic (exact) mass is 245 g/mol. The van der Waals surface area contributed by atoms with E-state index in [-0.39, 0.29) is 6.04 Å². The summed E-state index contributed by atoms with van der Waals surface area (Å²) < 4.78 is 0. The molecule has 4 nitrogen and oxygen atoms in total. The lowest BCUT2D eigenvalue weighted by Crippen LogP contribution is -2.27. The maximum absolute atomic E-state index is 10.1. The molecule has 0 fully saturated rings. The number of aromatic amines is 1. The minimum absolute atomic E-state index is 0.227. The topological polar surface area (TPSA) is 60.9 Å². The molecule has 2 aromatic rings. The number of imidazole rings is 1.